The van der Waals surface area contributed by atoms with Crippen LogP contribution in [0.5, 0.6) is 11.6 Å². The lowest BCUT2D eigenvalue weighted by atomic mass is 10.0. The summed E-state index contributed by atoms with van der Waals surface area (Å²) >= 11 is 6.87. The number of aromatic hydroxyl groups is 1. The molecule has 0 aliphatic carbocycles. The number of nitrogens with zero attached hydrogens (tertiary/aromatic N) is 1. The molecule has 13 heteroatoms. The number of amides is 2. The van der Waals surface area contributed by atoms with E-state index in [0.29, 0.717) is 22.0 Å². The fourth-order valence-electron chi connectivity index (χ4n) is 3.46. The van der Waals surface area contributed by atoms with Crippen LogP contribution in [0.2, 0.25) is 5.02 Å². The predicted octanol–water partition coefficient (Wildman–Crippen LogP) is 2.14. The molecule has 0 saturated carbocycles. The number of carbonyl (C=O) groups is 2. The van der Waals surface area contributed by atoms with Crippen molar-refractivity contribution in [1.82, 2.24) is 15.3 Å². The van der Waals surface area contributed by atoms with Crippen LogP contribution < -0.4 is 26.6 Å². The van der Waals surface area contributed by atoms with Crippen LogP contribution in [-0.4, -0.2) is 44.4 Å². The Balaban J connectivity index is 1.59. The number of aromatic amines is 2. The van der Waals surface area contributed by atoms with Gasteiger partial charge in [0.05, 0.1) is 7.11 Å². The van der Waals surface area contributed by atoms with E-state index in [9.17, 15) is 24.3 Å². The van der Waals surface area contributed by atoms with Crippen LogP contribution in [0.4, 0.5) is 5.69 Å². The van der Waals surface area contributed by atoms with E-state index in [4.69, 9.17) is 16.3 Å². The first-order valence-corrected chi connectivity index (χ1v) is 11.8. The number of methoxy groups -OCH3 is 1. The summed E-state index contributed by atoms with van der Waals surface area (Å²) in [5.74, 6) is -0.909. The number of ether oxygens (including phenoxy) is 1. The Morgan fingerprint density at radius 1 is 1.14 bits per heavy atom. The Bertz CT molecular complexity index is 1440. The molecular formula is C23H20ClN5O6S. The van der Waals surface area contributed by atoms with Crippen LogP contribution in [0.3, 0.4) is 0 Å². The number of halogens is 1. The molecule has 2 amide bonds. The highest BCUT2D eigenvalue weighted by Gasteiger charge is 2.33. The lowest BCUT2D eigenvalue weighted by Crippen LogP contribution is -2.29. The van der Waals surface area contributed by atoms with Gasteiger partial charge in [0.25, 0.3) is 5.56 Å². The summed E-state index contributed by atoms with van der Waals surface area (Å²) in [5.41, 5.74) is -0.915. The zero-order valence-corrected chi connectivity index (χ0v) is 20.3. The van der Waals surface area contributed by atoms with E-state index in [0.717, 1.165) is 11.8 Å². The molecule has 2 atom stereocenters. The van der Waals surface area contributed by atoms with E-state index in [2.05, 4.69) is 25.6 Å². The highest BCUT2D eigenvalue weighted by atomic mass is 35.5. The number of anilines is 1. The maximum atomic E-state index is 12.6. The van der Waals surface area contributed by atoms with Gasteiger partial charge >= 0.3 is 5.69 Å². The Labute approximate surface area is 213 Å². The molecular weight excluding hydrogens is 510 g/mol. The van der Waals surface area contributed by atoms with Crippen LogP contribution >= 0.6 is 23.4 Å². The molecule has 36 heavy (non-hydrogen) atoms. The van der Waals surface area contributed by atoms with Crippen molar-refractivity contribution in [3.8, 4) is 11.6 Å². The molecule has 4 rings (SSSR count). The Morgan fingerprint density at radius 2 is 1.83 bits per heavy atom. The second-order valence-corrected chi connectivity index (χ2v) is 9.26. The summed E-state index contributed by atoms with van der Waals surface area (Å²) in [6.45, 7) is 0. The van der Waals surface area contributed by atoms with Crippen molar-refractivity contribution >= 4 is 46.0 Å². The summed E-state index contributed by atoms with van der Waals surface area (Å²) < 4.78 is 5.16. The molecule has 1 saturated heterocycles. The summed E-state index contributed by atoms with van der Waals surface area (Å²) in [5, 5.41) is 15.5. The molecule has 1 aromatic heterocycles. The standard InChI is InChI=1S/C23H20ClN5O6S/c1-35-14-8-2-11(3-9-14)18(17-20(32)27-22(34)28-21(17)33)26-23-29-19(31)15(36-23)10-16(30)25-13-6-4-12(24)5-7-13/h2-9,15,18H,10H2,1H3,(H,25,30)(H,26,29,31)(H3,27,28,32,33,34)/t15-,18+/m1/s1. The van der Waals surface area contributed by atoms with Crippen LogP contribution in [0.15, 0.2) is 63.1 Å². The summed E-state index contributed by atoms with van der Waals surface area (Å²) in [7, 11) is 1.50. The lowest BCUT2D eigenvalue weighted by Gasteiger charge is -2.15. The molecule has 186 valence electrons. The van der Waals surface area contributed by atoms with Gasteiger partial charge in [-0.25, -0.2) is 9.79 Å². The molecule has 0 radical (unpaired) electrons. The second kappa shape index (κ2) is 10.7. The molecule has 2 aromatic carbocycles. The number of nitrogens with one attached hydrogen (secondary N) is 4. The van der Waals surface area contributed by atoms with Gasteiger partial charge in [-0.2, -0.15) is 0 Å². The highest BCUT2D eigenvalue weighted by Crippen LogP contribution is 2.32. The molecule has 0 unspecified atom stereocenters. The van der Waals surface area contributed by atoms with Gasteiger partial charge in [0, 0.05) is 17.1 Å². The normalized spacial score (nSPS) is 17.0. The SMILES string of the molecule is COc1ccc([C@H](N=C2NC(=O)[C@@H](CC(=O)Nc3ccc(Cl)cc3)S2)c2c(O)[nH]c(=O)[nH]c2=O)cc1. The van der Waals surface area contributed by atoms with Gasteiger partial charge in [-0.3, -0.25) is 24.4 Å². The van der Waals surface area contributed by atoms with Gasteiger partial charge in [0.1, 0.15) is 22.6 Å². The number of hydrogen-bond acceptors (Lipinski definition) is 8. The molecule has 1 aliphatic heterocycles. The van der Waals surface area contributed by atoms with Crippen LogP contribution in [0.1, 0.15) is 23.6 Å². The van der Waals surface area contributed by atoms with E-state index in [1.165, 1.54) is 7.11 Å². The van der Waals surface area contributed by atoms with Crippen molar-refractivity contribution in [1.29, 1.82) is 0 Å². The van der Waals surface area contributed by atoms with Gasteiger partial charge in [0.15, 0.2) is 5.17 Å². The summed E-state index contributed by atoms with van der Waals surface area (Å²) in [6, 6.07) is 12.0. The molecule has 0 bridgehead atoms. The maximum Gasteiger partial charge on any atom is 0.328 e. The summed E-state index contributed by atoms with van der Waals surface area (Å²) in [4.78, 5) is 57.8. The number of aromatic nitrogens is 2. The largest absolute Gasteiger partial charge is 0.497 e. The van der Waals surface area contributed by atoms with Crippen LogP contribution in [0.25, 0.3) is 0 Å². The van der Waals surface area contributed by atoms with Crippen LogP contribution in [0, 0.1) is 0 Å². The Morgan fingerprint density at radius 3 is 2.47 bits per heavy atom. The fraction of sp³-hybridized carbons (Fsp3) is 0.174. The van der Waals surface area contributed by atoms with Crippen molar-refractivity contribution < 1.29 is 19.4 Å². The van der Waals surface area contributed by atoms with Crippen molar-refractivity contribution in [2.45, 2.75) is 17.7 Å². The molecule has 5 N–H and O–H groups in total. The van der Waals surface area contributed by atoms with Crippen molar-refractivity contribution in [3.63, 3.8) is 0 Å². The first kappa shape index (κ1) is 25.1. The minimum absolute atomic E-state index is 0.129. The second-order valence-electron chi connectivity index (χ2n) is 7.64. The first-order valence-electron chi connectivity index (χ1n) is 10.5. The third kappa shape index (κ3) is 5.78. The van der Waals surface area contributed by atoms with E-state index < -0.39 is 34.3 Å². The van der Waals surface area contributed by atoms with Crippen molar-refractivity contribution in [2.75, 3.05) is 12.4 Å². The quantitative estimate of drug-likeness (QED) is 0.312. The average molecular weight is 530 g/mol. The minimum Gasteiger partial charge on any atom is -0.497 e. The van der Waals surface area contributed by atoms with Crippen molar-refractivity contribution in [3.05, 3.63) is 85.5 Å². The third-order valence-corrected chi connectivity index (χ3v) is 6.53. The number of hydrogen-bond donors (Lipinski definition) is 5. The average Bonchev–Trinajstić information content (AvgIpc) is 3.17. The number of amidine groups is 1. The number of aliphatic imine (C=N–C) groups is 1. The van der Waals surface area contributed by atoms with Crippen LogP contribution in [-0.2, 0) is 9.59 Å². The zero-order chi connectivity index (χ0) is 25.8. The molecule has 1 aliphatic rings. The predicted molar refractivity (Wildman–Crippen MR) is 136 cm³/mol. The monoisotopic (exact) mass is 529 g/mol. The lowest BCUT2D eigenvalue weighted by molar-refractivity contribution is -0.122. The van der Waals surface area contributed by atoms with Crippen molar-refractivity contribution in [2.24, 2.45) is 4.99 Å². The number of H-pyrrole nitrogens is 2. The number of rotatable bonds is 7. The number of carbonyl (C=O) groups excluding carboxylic acids is 2. The van der Waals surface area contributed by atoms with E-state index in [1.807, 2.05) is 0 Å². The maximum absolute atomic E-state index is 12.6. The minimum atomic E-state index is -1.08. The van der Waals surface area contributed by atoms with Gasteiger partial charge in [-0.1, -0.05) is 35.5 Å². The fourth-order valence-corrected chi connectivity index (χ4v) is 4.58. The van der Waals surface area contributed by atoms with E-state index >= 15 is 0 Å². The van der Waals surface area contributed by atoms with E-state index in [1.54, 1.807) is 48.5 Å². The van der Waals surface area contributed by atoms with E-state index in [-0.39, 0.29) is 23.1 Å². The first-order chi connectivity index (χ1) is 17.2. The number of thioether (sulfide) groups is 1. The topological polar surface area (TPSA) is 166 Å². The Kier molecular flexibility index (Phi) is 7.46. The molecule has 0 spiro atoms. The zero-order valence-electron chi connectivity index (χ0n) is 18.7. The smallest absolute Gasteiger partial charge is 0.328 e. The molecule has 2 heterocycles. The van der Waals surface area contributed by atoms with Gasteiger partial charge < -0.3 is 20.5 Å². The van der Waals surface area contributed by atoms with Gasteiger partial charge in [-0.05, 0) is 42.0 Å². The Hall–Kier alpha value is -4.03. The molecule has 3 aromatic rings. The third-order valence-electron chi connectivity index (χ3n) is 5.19. The molecule has 11 nitrogen and oxygen atoms in total. The van der Waals surface area contributed by atoms with Gasteiger partial charge in [-0.15, -0.1) is 0 Å². The highest BCUT2D eigenvalue weighted by molar-refractivity contribution is 8.15. The number of benzene rings is 2. The summed E-state index contributed by atoms with van der Waals surface area (Å²) in [6.07, 6.45) is -0.129. The molecule has 1 fully saturated rings. The van der Waals surface area contributed by atoms with Gasteiger partial charge in [0.2, 0.25) is 17.7 Å².